The molecule has 140 valence electrons. The smallest absolute Gasteiger partial charge is 0.330 e. The minimum atomic E-state index is -0.400. The van der Waals surface area contributed by atoms with E-state index >= 15 is 0 Å². The zero-order chi connectivity index (χ0) is 19.4. The maximum atomic E-state index is 11.7. The van der Waals surface area contributed by atoms with Crippen LogP contribution in [0.15, 0.2) is 53.0 Å². The molecule has 0 aliphatic rings. The third kappa shape index (κ3) is 4.56. The van der Waals surface area contributed by atoms with E-state index in [0.29, 0.717) is 29.4 Å². The predicted octanol–water partition coefficient (Wildman–Crippen LogP) is 5.25. The van der Waals surface area contributed by atoms with Crippen LogP contribution in [-0.4, -0.2) is 23.2 Å². The molecule has 5 heteroatoms. The van der Waals surface area contributed by atoms with E-state index in [-0.39, 0.29) is 0 Å². The van der Waals surface area contributed by atoms with Crippen molar-refractivity contribution >= 4 is 23.1 Å². The molecule has 0 aliphatic heterocycles. The molecule has 1 aromatic heterocycles. The fourth-order valence-electron chi connectivity index (χ4n) is 2.66. The molecule has 0 amide bonds. The van der Waals surface area contributed by atoms with Crippen LogP contribution < -0.4 is 4.74 Å². The Balaban J connectivity index is 2.13. The van der Waals surface area contributed by atoms with Gasteiger partial charge in [-0.2, -0.15) is 0 Å². The van der Waals surface area contributed by atoms with Crippen molar-refractivity contribution < 1.29 is 18.7 Å². The molecule has 0 radical (unpaired) electrons. The molecule has 0 spiro atoms. The van der Waals surface area contributed by atoms with Gasteiger partial charge in [-0.25, -0.2) is 9.78 Å². The van der Waals surface area contributed by atoms with Crippen molar-refractivity contribution in [3.05, 3.63) is 54.1 Å². The first kappa shape index (κ1) is 18.7. The van der Waals surface area contributed by atoms with Crippen molar-refractivity contribution in [3.63, 3.8) is 0 Å². The van der Waals surface area contributed by atoms with Gasteiger partial charge in [0.25, 0.3) is 0 Å². The van der Waals surface area contributed by atoms with Crippen molar-refractivity contribution in [1.29, 1.82) is 0 Å². The molecule has 5 nitrogen and oxygen atoms in total. The lowest BCUT2D eigenvalue weighted by atomic mass is 10.0. The fourth-order valence-corrected chi connectivity index (χ4v) is 2.66. The monoisotopic (exact) mass is 365 g/mol. The number of hydrogen-bond donors (Lipinski definition) is 0. The zero-order valence-corrected chi connectivity index (χ0v) is 16.0. The quantitative estimate of drug-likeness (QED) is 0.456. The maximum Gasteiger partial charge on any atom is 0.330 e. The molecule has 0 N–H and O–H groups in total. The molecule has 0 fully saturated rings. The lowest BCUT2D eigenvalue weighted by Crippen LogP contribution is -2.23. The first-order chi connectivity index (χ1) is 12.9. The Morgan fingerprint density at radius 1 is 1.15 bits per heavy atom. The van der Waals surface area contributed by atoms with Crippen LogP contribution in [0.3, 0.4) is 0 Å². The first-order valence-electron chi connectivity index (χ1n) is 8.90. The lowest BCUT2D eigenvalue weighted by Gasteiger charge is -2.23. The Kier molecular flexibility index (Phi) is 5.31. The summed E-state index contributed by atoms with van der Waals surface area (Å²) in [6, 6.07) is 13.2. The number of nitrogens with zero attached hydrogens (tertiary/aromatic N) is 1. The van der Waals surface area contributed by atoms with Gasteiger partial charge in [0.2, 0.25) is 5.89 Å². The topological polar surface area (TPSA) is 61.6 Å². The second-order valence-electron chi connectivity index (χ2n) is 7.01. The van der Waals surface area contributed by atoms with Crippen molar-refractivity contribution in [2.45, 2.75) is 33.3 Å². The lowest BCUT2D eigenvalue weighted by molar-refractivity contribution is -0.137. The molecular formula is C22H23NO4. The maximum absolute atomic E-state index is 11.7. The summed E-state index contributed by atoms with van der Waals surface area (Å²) in [6.45, 7) is 8.03. The van der Waals surface area contributed by atoms with Crippen molar-refractivity contribution in [1.82, 2.24) is 4.98 Å². The summed E-state index contributed by atoms with van der Waals surface area (Å²) in [7, 11) is 0. The number of rotatable bonds is 5. The van der Waals surface area contributed by atoms with Crippen LogP contribution in [0.4, 0.5) is 0 Å². The number of para-hydroxylation sites is 2. The Hall–Kier alpha value is -3.08. The number of oxazole rings is 1. The number of benzene rings is 2. The van der Waals surface area contributed by atoms with E-state index in [2.05, 4.69) is 4.98 Å². The van der Waals surface area contributed by atoms with Crippen LogP contribution in [0.5, 0.6) is 5.75 Å². The molecule has 0 saturated carbocycles. The van der Waals surface area contributed by atoms with E-state index in [0.717, 1.165) is 11.1 Å². The molecule has 0 bridgehead atoms. The van der Waals surface area contributed by atoms with E-state index in [9.17, 15) is 4.79 Å². The van der Waals surface area contributed by atoms with E-state index < -0.39 is 11.6 Å². The standard InChI is InChI=1S/C22H23NO4/c1-5-25-19(24)14-13-15-9-8-12-18(27-22(2,3)4)20(15)21-23-16-10-6-7-11-17(16)26-21/h6-14H,5H2,1-4H3/b14-13+. The summed E-state index contributed by atoms with van der Waals surface area (Å²) in [6.07, 6.45) is 3.09. The molecule has 0 aliphatic carbocycles. The molecular weight excluding hydrogens is 342 g/mol. The third-order valence-electron chi connectivity index (χ3n) is 3.67. The first-order valence-corrected chi connectivity index (χ1v) is 8.90. The second-order valence-corrected chi connectivity index (χ2v) is 7.01. The number of carbonyl (C=O) groups is 1. The van der Waals surface area contributed by atoms with Crippen molar-refractivity contribution in [3.8, 4) is 17.2 Å². The van der Waals surface area contributed by atoms with Gasteiger partial charge in [0.15, 0.2) is 5.58 Å². The Morgan fingerprint density at radius 2 is 1.93 bits per heavy atom. The molecule has 2 aromatic carbocycles. The minimum Gasteiger partial charge on any atom is -0.487 e. The van der Waals surface area contributed by atoms with Gasteiger partial charge in [0, 0.05) is 6.08 Å². The van der Waals surface area contributed by atoms with Gasteiger partial charge in [-0.05, 0) is 57.5 Å². The molecule has 0 unspecified atom stereocenters. The van der Waals surface area contributed by atoms with Crippen LogP contribution in [0.25, 0.3) is 28.6 Å². The van der Waals surface area contributed by atoms with Gasteiger partial charge in [0.1, 0.15) is 16.9 Å². The number of fused-ring (bicyclic) bond motifs is 1. The third-order valence-corrected chi connectivity index (χ3v) is 3.67. The number of esters is 1. The number of hydrogen-bond acceptors (Lipinski definition) is 5. The van der Waals surface area contributed by atoms with Crippen LogP contribution in [0.2, 0.25) is 0 Å². The summed E-state index contributed by atoms with van der Waals surface area (Å²) in [4.78, 5) is 16.3. The summed E-state index contributed by atoms with van der Waals surface area (Å²) >= 11 is 0. The molecule has 3 aromatic rings. The average Bonchev–Trinajstić information content (AvgIpc) is 3.02. The average molecular weight is 365 g/mol. The summed E-state index contributed by atoms with van der Waals surface area (Å²) in [5, 5.41) is 0. The van der Waals surface area contributed by atoms with Gasteiger partial charge in [0.05, 0.1) is 12.2 Å². The molecule has 3 rings (SSSR count). The van der Waals surface area contributed by atoms with E-state index in [4.69, 9.17) is 13.9 Å². The highest BCUT2D eigenvalue weighted by atomic mass is 16.5. The highest BCUT2D eigenvalue weighted by molar-refractivity contribution is 5.90. The van der Waals surface area contributed by atoms with Gasteiger partial charge >= 0.3 is 5.97 Å². The molecule has 1 heterocycles. The van der Waals surface area contributed by atoms with Crippen molar-refractivity contribution in [2.75, 3.05) is 6.61 Å². The number of aromatic nitrogens is 1. The summed E-state index contributed by atoms with van der Waals surface area (Å²) in [5.74, 6) is 0.683. The number of ether oxygens (including phenoxy) is 2. The summed E-state index contributed by atoms with van der Waals surface area (Å²) in [5.41, 5.74) is 2.52. The minimum absolute atomic E-state index is 0.328. The van der Waals surface area contributed by atoms with Crippen molar-refractivity contribution in [2.24, 2.45) is 0 Å². The van der Waals surface area contributed by atoms with Gasteiger partial charge in [-0.1, -0.05) is 24.3 Å². The van der Waals surface area contributed by atoms with Crippen LogP contribution in [0, 0.1) is 0 Å². The van der Waals surface area contributed by atoms with E-state index in [1.54, 1.807) is 13.0 Å². The van der Waals surface area contributed by atoms with Crippen LogP contribution in [-0.2, 0) is 9.53 Å². The highest BCUT2D eigenvalue weighted by Gasteiger charge is 2.21. The zero-order valence-electron chi connectivity index (χ0n) is 16.0. The van der Waals surface area contributed by atoms with Gasteiger partial charge in [-0.15, -0.1) is 0 Å². The summed E-state index contributed by atoms with van der Waals surface area (Å²) < 4.78 is 17.1. The molecule has 0 atom stereocenters. The van der Waals surface area contributed by atoms with E-state index in [1.165, 1.54) is 6.08 Å². The normalized spacial score (nSPS) is 11.9. The van der Waals surface area contributed by atoms with Crippen LogP contribution in [0.1, 0.15) is 33.3 Å². The Morgan fingerprint density at radius 3 is 2.63 bits per heavy atom. The van der Waals surface area contributed by atoms with E-state index in [1.807, 2.05) is 63.2 Å². The fraction of sp³-hybridized carbons (Fsp3) is 0.273. The molecule has 27 heavy (non-hydrogen) atoms. The Bertz CT molecular complexity index is 946. The second kappa shape index (κ2) is 7.66. The Labute approximate surface area is 158 Å². The van der Waals surface area contributed by atoms with Crippen LogP contribution >= 0.6 is 0 Å². The van der Waals surface area contributed by atoms with Gasteiger partial charge < -0.3 is 13.9 Å². The predicted molar refractivity (Wildman–Crippen MR) is 105 cm³/mol. The number of carbonyl (C=O) groups excluding carboxylic acids is 1. The highest BCUT2D eigenvalue weighted by Crippen LogP contribution is 2.37. The largest absolute Gasteiger partial charge is 0.487 e. The van der Waals surface area contributed by atoms with Gasteiger partial charge in [-0.3, -0.25) is 0 Å². The SMILES string of the molecule is CCOC(=O)/C=C/c1cccc(OC(C)(C)C)c1-c1nc2ccccc2o1. The molecule has 0 saturated heterocycles.